The summed E-state index contributed by atoms with van der Waals surface area (Å²) in [5.74, 6) is 1.20. The van der Waals surface area contributed by atoms with E-state index in [0.717, 1.165) is 24.5 Å². The number of hydrogen-bond donors (Lipinski definition) is 2. The maximum atomic E-state index is 12.0. The number of piperidine rings is 1. The predicted octanol–water partition coefficient (Wildman–Crippen LogP) is 1.45. The summed E-state index contributed by atoms with van der Waals surface area (Å²) < 4.78 is 0. The van der Waals surface area contributed by atoms with Crippen LogP contribution in [0.4, 0.5) is 5.95 Å². The molecule has 2 unspecified atom stereocenters. The molecule has 1 aliphatic heterocycles. The van der Waals surface area contributed by atoms with Gasteiger partial charge in [-0.3, -0.25) is 10.1 Å². The van der Waals surface area contributed by atoms with E-state index in [2.05, 4.69) is 32.7 Å². The molecule has 110 valence electrons. The number of amides is 1. The molecule has 6 nitrogen and oxygen atoms in total. The number of carbonyl (C=O) groups is 1. The Balaban J connectivity index is 1.86. The Bertz CT molecular complexity index is 471. The largest absolute Gasteiger partial charge is 0.316 e. The van der Waals surface area contributed by atoms with Gasteiger partial charge in [0.2, 0.25) is 11.9 Å². The van der Waals surface area contributed by atoms with Crippen molar-refractivity contribution in [1.29, 1.82) is 0 Å². The maximum absolute atomic E-state index is 12.0. The summed E-state index contributed by atoms with van der Waals surface area (Å²) in [6, 6.07) is 0. The van der Waals surface area contributed by atoms with Crippen molar-refractivity contribution in [2.24, 2.45) is 11.8 Å². The molecule has 1 aromatic rings. The van der Waals surface area contributed by atoms with E-state index >= 15 is 0 Å². The first-order valence-electron chi connectivity index (χ1n) is 7.24. The highest BCUT2D eigenvalue weighted by molar-refractivity contribution is 5.88. The Morgan fingerprint density at radius 1 is 1.40 bits per heavy atom. The molecule has 1 aromatic heterocycles. The lowest BCUT2D eigenvalue weighted by atomic mass is 9.85. The zero-order valence-corrected chi connectivity index (χ0v) is 12.4. The predicted molar refractivity (Wildman–Crippen MR) is 77.3 cm³/mol. The Morgan fingerprint density at radius 2 is 2.20 bits per heavy atom. The Hall–Kier alpha value is -1.56. The van der Waals surface area contributed by atoms with Crippen molar-refractivity contribution < 1.29 is 4.79 Å². The summed E-state index contributed by atoms with van der Waals surface area (Å²) >= 11 is 0. The van der Waals surface area contributed by atoms with Gasteiger partial charge < -0.3 is 5.32 Å². The van der Waals surface area contributed by atoms with Crippen molar-refractivity contribution >= 4 is 11.9 Å². The molecular formula is C14H23N5O. The first-order valence-corrected chi connectivity index (χ1v) is 7.24. The van der Waals surface area contributed by atoms with Gasteiger partial charge in [-0.2, -0.15) is 5.10 Å². The number of aryl methyl sites for hydroxylation is 2. The lowest BCUT2D eigenvalue weighted by Crippen LogP contribution is -2.34. The molecule has 1 saturated heterocycles. The molecule has 6 heteroatoms. The molecule has 2 N–H and O–H groups in total. The number of nitrogens with one attached hydrogen (secondary N) is 2. The first-order chi connectivity index (χ1) is 9.56. The number of hydrogen-bond acceptors (Lipinski definition) is 5. The van der Waals surface area contributed by atoms with Crippen LogP contribution in [0.5, 0.6) is 0 Å². The van der Waals surface area contributed by atoms with Crippen molar-refractivity contribution in [2.45, 2.75) is 40.0 Å². The van der Waals surface area contributed by atoms with E-state index in [1.54, 1.807) is 0 Å². The van der Waals surface area contributed by atoms with E-state index in [4.69, 9.17) is 0 Å². The van der Waals surface area contributed by atoms with E-state index in [0.29, 0.717) is 24.2 Å². The second kappa shape index (κ2) is 6.74. The van der Waals surface area contributed by atoms with Crippen LogP contribution in [0.3, 0.4) is 0 Å². The second-order valence-corrected chi connectivity index (χ2v) is 5.64. The van der Waals surface area contributed by atoms with Crippen LogP contribution in [0, 0.1) is 25.7 Å². The third kappa shape index (κ3) is 3.96. The number of rotatable bonds is 4. The topological polar surface area (TPSA) is 79.8 Å². The molecule has 0 aliphatic carbocycles. The first kappa shape index (κ1) is 14.8. The Kier molecular flexibility index (Phi) is 5.00. The highest BCUT2D eigenvalue weighted by Gasteiger charge is 2.22. The fourth-order valence-electron chi connectivity index (χ4n) is 2.51. The second-order valence-electron chi connectivity index (χ2n) is 5.64. The van der Waals surface area contributed by atoms with Crippen LogP contribution >= 0.6 is 0 Å². The van der Waals surface area contributed by atoms with Crippen molar-refractivity contribution in [3.8, 4) is 0 Å². The molecule has 2 heterocycles. The van der Waals surface area contributed by atoms with Crippen LogP contribution in [0.2, 0.25) is 0 Å². The highest BCUT2D eigenvalue weighted by atomic mass is 16.1. The minimum absolute atomic E-state index is 0.0341. The number of nitrogens with zero attached hydrogens (tertiary/aromatic N) is 3. The van der Waals surface area contributed by atoms with Gasteiger partial charge in [-0.1, -0.05) is 6.92 Å². The lowest BCUT2D eigenvalue weighted by molar-refractivity contribution is -0.117. The monoisotopic (exact) mass is 277 g/mol. The van der Waals surface area contributed by atoms with Gasteiger partial charge in [0.25, 0.3) is 0 Å². The van der Waals surface area contributed by atoms with Crippen LogP contribution in [-0.4, -0.2) is 34.2 Å². The van der Waals surface area contributed by atoms with Gasteiger partial charge in [-0.15, -0.1) is 5.10 Å². The smallest absolute Gasteiger partial charge is 0.249 e. The SMILES string of the molecule is Cc1nnc(NC(=O)CC(C)C2CCCNC2)nc1C. The molecule has 1 aliphatic rings. The van der Waals surface area contributed by atoms with Crippen LogP contribution in [0.1, 0.15) is 37.6 Å². The third-order valence-corrected chi connectivity index (χ3v) is 3.99. The summed E-state index contributed by atoms with van der Waals surface area (Å²) in [6.07, 6.45) is 2.90. The van der Waals surface area contributed by atoms with Gasteiger partial charge >= 0.3 is 0 Å². The molecule has 1 fully saturated rings. The van der Waals surface area contributed by atoms with Gasteiger partial charge in [-0.25, -0.2) is 4.98 Å². The Labute approximate surface area is 119 Å². The molecule has 20 heavy (non-hydrogen) atoms. The van der Waals surface area contributed by atoms with Crippen LogP contribution < -0.4 is 10.6 Å². The van der Waals surface area contributed by atoms with Gasteiger partial charge in [0.05, 0.1) is 11.4 Å². The van der Waals surface area contributed by atoms with E-state index in [1.165, 1.54) is 12.8 Å². The molecule has 2 atom stereocenters. The van der Waals surface area contributed by atoms with Crippen molar-refractivity contribution in [3.63, 3.8) is 0 Å². The van der Waals surface area contributed by atoms with Crippen molar-refractivity contribution in [3.05, 3.63) is 11.4 Å². The molecule has 0 bridgehead atoms. The normalized spacial score (nSPS) is 20.4. The fourth-order valence-corrected chi connectivity index (χ4v) is 2.51. The zero-order chi connectivity index (χ0) is 14.5. The van der Waals surface area contributed by atoms with Crippen molar-refractivity contribution in [2.75, 3.05) is 18.4 Å². The number of carbonyl (C=O) groups excluding carboxylic acids is 1. The molecule has 0 spiro atoms. The van der Waals surface area contributed by atoms with Gasteiger partial charge in [-0.05, 0) is 51.6 Å². The van der Waals surface area contributed by atoms with E-state index in [9.17, 15) is 4.79 Å². The summed E-state index contributed by atoms with van der Waals surface area (Å²) in [5.41, 5.74) is 1.57. The maximum Gasteiger partial charge on any atom is 0.249 e. The standard InChI is InChI=1S/C14H23N5O/c1-9(12-5-4-6-15-8-12)7-13(20)17-14-16-10(2)11(3)18-19-14/h9,12,15H,4-8H2,1-3H3,(H,16,17,19,20). The summed E-state index contributed by atoms with van der Waals surface area (Å²) in [7, 11) is 0. The molecule has 0 aromatic carbocycles. The van der Waals surface area contributed by atoms with Gasteiger partial charge in [0.1, 0.15) is 0 Å². The van der Waals surface area contributed by atoms with E-state index < -0.39 is 0 Å². The molecule has 0 radical (unpaired) electrons. The minimum Gasteiger partial charge on any atom is -0.316 e. The van der Waals surface area contributed by atoms with Crippen LogP contribution in [0.15, 0.2) is 0 Å². The average Bonchev–Trinajstić information content (AvgIpc) is 2.44. The van der Waals surface area contributed by atoms with E-state index in [-0.39, 0.29) is 5.91 Å². The molecule has 0 saturated carbocycles. The highest BCUT2D eigenvalue weighted by Crippen LogP contribution is 2.22. The number of anilines is 1. The average molecular weight is 277 g/mol. The van der Waals surface area contributed by atoms with E-state index in [1.807, 2.05) is 13.8 Å². The van der Waals surface area contributed by atoms with Crippen LogP contribution in [0.25, 0.3) is 0 Å². The fraction of sp³-hybridized carbons (Fsp3) is 0.714. The van der Waals surface area contributed by atoms with Gasteiger partial charge in [0.15, 0.2) is 0 Å². The summed E-state index contributed by atoms with van der Waals surface area (Å²) in [4.78, 5) is 16.2. The Morgan fingerprint density at radius 3 is 2.85 bits per heavy atom. The molecule has 2 rings (SSSR count). The van der Waals surface area contributed by atoms with Crippen LogP contribution in [-0.2, 0) is 4.79 Å². The quantitative estimate of drug-likeness (QED) is 0.871. The summed E-state index contributed by atoms with van der Waals surface area (Å²) in [5, 5.41) is 14.0. The minimum atomic E-state index is -0.0341. The molecule has 1 amide bonds. The lowest BCUT2D eigenvalue weighted by Gasteiger charge is -2.27. The third-order valence-electron chi connectivity index (χ3n) is 3.99. The molecular weight excluding hydrogens is 254 g/mol. The van der Waals surface area contributed by atoms with Gasteiger partial charge in [0, 0.05) is 6.42 Å². The van der Waals surface area contributed by atoms with Crippen molar-refractivity contribution in [1.82, 2.24) is 20.5 Å². The zero-order valence-electron chi connectivity index (χ0n) is 12.4. The summed E-state index contributed by atoms with van der Waals surface area (Å²) in [6.45, 7) is 7.94. The number of aromatic nitrogens is 3.